The highest BCUT2D eigenvalue weighted by atomic mass is 32.1. The number of tetrazole rings is 1. The zero-order chi connectivity index (χ0) is 28.2. The third-order valence-corrected chi connectivity index (χ3v) is 7.71. The molecule has 0 atom stereocenters. The first-order chi connectivity index (χ1) is 20.1. The van der Waals surface area contributed by atoms with Crippen molar-refractivity contribution in [3.05, 3.63) is 105 Å². The second-order valence-electron chi connectivity index (χ2n) is 9.65. The highest BCUT2D eigenvalue weighted by Gasteiger charge is 2.21. The Morgan fingerprint density at radius 3 is 2.63 bits per heavy atom. The minimum atomic E-state index is -0.585. The molecule has 1 fully saturated rings. The summed E-state index contributed by atoms with van der Waals surface area (Å²) < 4.78 is 20.3. The van der Waals surface area contributed by atoms with Crippen molar-refractivity contribution in [1.29, 1.82) is 0 Å². The van der Waals surface area contributed by atoms with E-state index in [1.165, 1.54) is 41.5 Å². The topological polar surface area (TPSA) is 94.8 Å². The maximum absolute atomic E-state index is 15.2. The van der Waals surface area contributed by atoms with Crippen LogP contribution in [0.15, 0.2) is 72.1 Å². The second kappa shape index (κ2) is 11.7. The maximum atomic E-state index is 15.2. The molecular weight excluding hydrogens is 539 g/mol. The molecule has 8 nitrogen and oxygen atoms in total. The van der Waals surface area contributed by atoms with E-state index in [0.717, 1.165) is 17.0 Å². The molecule has 5 aromatic rings. The van der Waals surface area contributed by atoms with Crippen molar-refractivity contribution < 1.29 is 13.9 Å². The Morgan fingerprint density at radius 1 is 1.10 bits per heavy atom. The van der Waals surface area contributed by atoms with Gasteiger partial charge in [0.2, 0.25) is 5.82 Å². The number of anilines is 1. The van der Waals surface area contributed by atoms with Gasteiger partial charge < -0.3 is 10.1 Å². The minimum absolute atomic E-state index is 0.0586. The van der Waals surface area contributed by atoms with Crippen LogP contribution in [0.3, 0.4) is 0 Å². The number of aromatic nitrogens is 5. The number of hydrogen-bond donors (Lipinski definition) is 1. The number of carbonyl (C=O) groups is 1. The Kier molecular flexibility index (Phi) is 7.52. The van der Waals surface area contributed by atoms with Crippen molar-refractivity contribution >= 4 is 22.9 Å². The van der Waals surface area contributed by atoms with E-state index < -0.39 is 11.7 Å². The van der Waals surface area contributed by atoms with E-state index in [0.29, 0.717) is 34.4 Å². The molecule has 0 spiro atoms. The lowest BCUT2D eigenvalue weighted by Crippen LogP contribution is -2.13. The first-order valence-electron chi connectivity index (χ1n) is 13.1. The number of rotatable bonds is 7. The van der Waals surface area contributed by atoms with E-state index >= 15 is 4.39 Å². The summed E-state index contributed by atoms with van der Waals surface area (Å²) in [6.07, 6.45) is 3.57. The minimum Gasteiger partial charge on any atom is -0.497 e. The smallest absolute Gasteiger partial charge is 0.255 e. The van der Waals surface area contributed by atoms with Gasteiger partial charge in [-0.25, -0.2) is 9.37 Å². The first kappa shape index (κ1) is 26.3. The number of nitrogens with one attached hydrogen (secondary N) is 1. The van der Waals surface area contributed by atoms with Gasteiger partial charge in [0.05, 0.1) is 30.6 Å². The van der Waals surface area contributed by atoms with E-state index in [2.05, 4.69) is 37.6 Å². The van der Waals surface area contributed by atoms with Crippen LogP contribution in [0.5, 0.6) is 5.75 Å². The molecule has 204 valence electrons. The summed E-state index contributed by atoms with van der Waals surface area (Å²) in [5, 5.41) is 18.0. The zero-order valence-corrected chi connectivity index (χ0v) is 23.0. The average Bonchev–Trinajstić information content (AvgIpc) is 3.63. The van der Waals surface area contributed by atoms with Crippen molar-refractivity contribution in [2.75, 3.05) is 12.4 Å². The van der Waals surface area contributed by atoms with Crippen LogP contribution < -0.4 is 10.1 Å². The molecule has 1 amide bonds. The van der Waals surface area contributed by atoms with Gasteiger partial charge in [0.1, 0.15) is 5.75 Å². The normalized spacial score (nSPS) is 12.7. The molecule has 2 heterocycles. The Hall–Kier alpha value is -4.88. The molecule has 3 aromatic carbocycles. The monoisotopic (exact) mass is 564 g/mol. The van der Waals surface area contributed by atoms with E-state index in [1.54, 1.807) is 43.5 Å². The lowest BCUT2D eigenvalue weighted by Gasteiger charge is -2.22. The zero-order valence-electron chi connectivity index (χ0n) is 22.2. The number of amides is 1. The molecule has 0 unspecified atom stereocenters. The third kappa shape index (κ3) is 6.00. The van der Waals surface area contributed by atoms with Crippen LogP contribution in [0.4, 0.5) is 10.1 Å². The number of thiazole rings is 1. The van der Waals surface area contributed by atoms with Crippen molar-refractivity contribution in [2.45, 2.75) is 31.7 Å². The van der Waals surface area contributed by atoms with E-state index in [9.17, 15) is 4.79 Å². The van der Waals surface area contributed by atoms with Gasteiger partial charge in [-0.15, -0.1) is 21.5 Å². The van der Waals surface area contributed by atoms with Crippen LogP contribution in [0.25, 0.3) is 11.4 Å². The van der Waals surface area contributed by atoms with Gasteiger partial charge in [-0.2, -0.15) is 4.80 Å². The molecule has 1 saturated carbocycles. The van der Waals surface area contributed by atoms with Crippen LogP contribution in [0, 0.1) is 17.7 Å². The Bertz CT molecular complexity index is 1750. The predicted molar refractivity (Wildman–Crippen MR) is 154 cm³/mol. The van der Waals surface area contributed by atoms with Gasteiger partial charge in [0.15, 0.2) is 10.8 Å². The number of carbonyl (C=O) groups excluding carboxylic acids is 1. The van der Waals surface area contributed by atoms with Crippen molar-refractivity contribution in [3.63, 3.8) is 0 Å². The summed E-state index contributed by atoms with van der Waals surface area (Å²) in [6.45, 7) is 0.456. The molecule has 6 rings (SSSR count). The first-order valence-corrected chi connectivity index (χ1v) is 14.0. The summed E-state index contributed by atoms with van der Waals surface area (Å²) in [5.74, 6) is 6.53. The van der Waals surface area contributed by atoms with Gasteiger partial charge in [-0.05, 0) is 65.9 Å². The van der Waals surface area contributed by atoms with Crippen molar-refractivity contribution in [3.8, 4) is 29.0 Å². The second-order valence-corrected chi connectivity index (χ2v) is 10.5. The summed E-state index contributed by atoms with van der Waals surface area (Å²) in [4.78, 5) is 19.0. The average molecular weight is 565 g/mol. The number of hydrogen-bond acceptors (Lipinski definition) is 7. The molecule has 10 heteroatoms. The molecule has 0 aliphatic heterocycles. The highest BCUT2D eigenvalue weighted by Crippen LogP contribution is 2.36. The van der Waals surface area contributed by atoms with E-state index in [-0.39, 0.29) is 11.3 Å². The van der Waals surface area contributed by atoms with Crippen molar-refractivity contribution in [2.24, 2.45) is 0 Å². The number of ether oxygens (including phenoxy) is 1. The number of halogens is 1. The van der Waals surface area contributed by atoms with Gasteiger partial charge in [-0.1, -0.05) is 42.7 Å². The van der Waals surface area contributed by atoms with Crippen LogP contribution in [-0.4, -0.2) is 38.2 Å². The Balaban J connectivity index is 1.10. The SMILES string of the molecule is COc1ccc(Cn2nnc(-c3ccc(C(=O)Nc4cccc(C#Cc5nc(C6CCC6)cs5)c4F)cc3)n2)cc1. The molecule has 2 aromatic heterocycles. The number of methoxy groups -OCH3 is 1. The molecule has 0 saturated heterocycles. The molecule has 1 aliphatic rings. The fourth-order valence-corrected chi connectivity index (χ4v) is 5.11. The number of benzene rings is 3. The largest absolute Gasteiger partial charge is 0.497 e. The molecule has 0 bridgehead atoms. The van der Waals surface area contributed by atoms with Crippen LogP contribution in [0.2, 0.25) is 0 Å². The van der Waals surface area contributed by atoms with Crippen LogP contribution in [-0.2, 0) is 6.54 Å². The lowest BCUT2D eigenvalue weighted by molar-refractivity contribution is 0.102. The fraction of sp³-hybridized carbons (Fsp3) is 0.194. The van der Waals surface area contributed by atoms with Crippen molar-refractivity contribution in [1.82, 2.24) is 25.2 Å². The quantitative estimate of drug-likeness (QED) is 0.247. The van der Waals surface area contributed by atoms with E-state index in [4.69, 9.17) is 4.74 Å². The molecule has 1 aliphatic carbocycles. The maximum Gasteiger partial charge on any atom is 0.255 e. The summed E-state index contributed by atoms with van der Waals surface area (Å²) >= 11 is 1.47. The predicted octanol–water partition coefficient (Wildman–Crippen LogP) is 5.91. The summed E-state index contributed by atoms with van der Waals surface area (Å²) in [7, 11) is 1.62. The molecule has 1 N–H and O–H groups in total. The third-order valence-electron chi connectivity index (χ3n) is 6.94. The standard InChI is InChI=1S/C31H25FN6O2S/c1-40-25-15-8-20(9-16-25)18-38-36-30(35-37-38)23-10-12-24(13-11-23)31(39)34-26-7-3-6-22(29(26)32)14-17-28-33-27(19-41-28)21-4-2-5-21/h3,6-13,15-16,19,21H,2,4-5,18H2,1H3,(H,34,39). The van der Waals surface area contributed by atoms with Crippen LogP contribution in [0.1, 0.15) is 57.4 Å². The fourth-order valence-electron chi connectivity index (χ4n) is 4.37. The van der Waals surface area contributed by atoms with E-state index in [1.807, 2.05) is 29.6 Å². The lowest BCUT2D eigenvalue weighted by atomic mass is 9.83. The highest BCUT2D eigenvalue weighted by molar-refractivity contribution is 7.10. The van der Waals surface area contributed by atoms with Crippen LogP contribution >= 0.6 is 11.3 Å². The Morgan fingerprint density at radius 2 is 1.90 bits per heavy atom. The molecule has 0 radical (unpaired) electrons. The molecule has 41 heavy (non-hydrogen) atoms. The number of nitrogens with zero attached hydrogens (tertiary/aromatic N) is 5. The van der Waals surface area contributed by atoms with Gasteiger partial charge in [0.25, 0.3) is 5.91 Å². The van der Waals surface area contributed by atoms with Gasteiger partial charge in [-0.3, -0.25) is 4.79 Å². The summed E-state index contributed by atoms with van der Waals surface area (Å²) in [6, 6.07) is 19.1. The molecular formula is C31H25FN6O2S. The summed E-state index contributed by atoms with van der Waals surface area (Å²) in [5.41, 5.74) is 3.40. The van der Waals surface area contributed by atoms with Gasteiger partial charge in [0, 0.05) is 22.4 Å². The Labute approximate surface area is 240 Å². The van der Waals surface area contributed by atoms with Gasteiger partial charge >= 0.3 is 0 Å².